The van der Waals surface area contributed by atoms with Crippen LogP contribution >= 0.6 is 47.8 Å². The van der Waals surface area contributed by atoms with Crippen LogP contribution in [0.15, 0.2) is 37.9 Å². The molecule has 1 aromatic rings. The first-order valence-electron chi connectivity index (χ1n) is 3.57. The van der Waals surface area contributed by atoms with E-state index in [2.05, 4.69) is 47.8 Å². The molecule has 4 heteroatoms. The van der Waals surface area contributed by atoms with Crippen LogP contribution in [0, 0.1) is 0 Å². The van der Waals surface area contributed by atoms with Crippen molar-refractivity contribution in [2.45, 2.75) is 6.92 Å². The van der Waals surface area contributed by atoms with E-state index in [1.165, 1.54) is 0 Å². The lowest BCUT2D eigenvalue weighted by atomic mass is 10.3. The summed E-state index contributed by atoms with van der Waals surface area (Å²) in [5.74, 6) is 0.779. The predicted octanol–water partition coefficient (Wildman–Crippen LogP) is 4.89. The maximum absolute atomic E-state index is 5.38. The second-order valence-corrected chi connectivity index (χ2v) is 4.91. The van der Waals surface area contributed by atoms with Gasteiger partial charge in [-0.15, -0.1) is 0 Å². The third kappa shape index (κ3) is 3.11. The van der Waals surface area contributed by atoms with Crippen molar-refractivity contribution in [2.24, 2.45) is 0 Å². The molecule has 1 rings (SSSR count). The van der Waals surface area contributed by atoms with Crippen LogP contribution in [0.3, 0.4) is 0 Å². The van der Waals surface area contributed by atoms with Crippen LogP contribution in [0.25, 0.3) is 0 Å². The van der Waals surface area contributed by atoms with Gasteiger partial charge in [-0.1, -0.05) is 22.0 Å². The number of hydrogen-bond donors (Lipinski definition) is 0. The molecule has 0 spiro atoms. The number of ether oxygens (including phenoxy) is 1. The van der Waals surface area contributed by atoms with Gasteiger partial charge in [0.15, 0.2) is 5.75 Å². The van der Waals surface area contributed by atoms with Crippen LogP contribution in [-0.4, -0.2) is 0 Å². The second-order valence-electron chi connectivity index (χ2n) is 2.29. The molecule has 0 N–H and O–H groups in total. The molecule has 1 aromatic carbocycles. The van der Waals surface area contributed by atoms with Crippen molar-refractivity contribution in [1.82, 2.24) is 0 Å². The number of hydrogen-bond acceptors (Lipinski definition) is 1. The summed E-state index contributed by atoms with van der Waals surface area (Å²) in [6.07, 6.45) is 3.47. The highest BCUT2D eigenvalue weighted by Gasteiger charge is 2.06. The molecule has 0 saturated heterocycles. The Labute approximate surface area is 103 Å². The van der Waals surface area contributed by atoms with E-state index in [0.717, 1.165) is 19.2 Å². The van der Waals surface area contributed by atoms with Crippen molar-refractivity contribution >= 4 is 47.8 Å². The largest absolute Gasteiger partial charge is 0.463 e. The Balaban J connectivity index is 3.05. The van der Waals surface area contributed by atoms with Crippen molar-refractivity contribution in [1.29, 1.82) is 0 Å². The highest BCUT2D eigenvalue weighted by Crippen LogP contribution is 2.36. The molecule has 0 atom stereocenters. The fourth-order valence-electron chi connectivity index (χ4n) is 0.778. The van der Waals surface area contributed by atoms with E-state index in [1.807, 2.05) is 25.1 Å². The number of rotatable bonds is 2. The van der Waals surface area contributed by atoms with Gasteiger partial charge >= 0.3 is 0 Å². The third-order valence-corrected chi connectivity index (χ3v) is 2.92. The number of allylic oxidation sites excluding steroid dienone is 1. The molecule has 0 aromatic heterocycles. The van der Waals surface area contributed by atoms with Crippen LogP contribution in [-0.2, 0) is 0 Å². The minimum Gasteiger partial charge on any atom is -0.463 e. The van der Waals surface area contributed by atoms with Crippen molar-refractivity contribution in [3.05, 3.63) is 37.9 Å². The van der Waals surface area contributed by atoms with Crippen LogP contribution in [0.1, 0.15) is 6.92 Å². The minimum atomic E-state index is 0.779. The summed E-state index contributed by atoms with van der Waals surface area (Å²) in [4.78, 5) is 0. The molecular formula is C9H7Br3O. The van der Waals surface area contributed by atoms with Crippen molar-refractivity contribution in [3.8, 4) is 5.75 Å². The maximum Gasteiger partial charge on any atom is 0.154 e. The van der Waals surface area contributed by atoms with Gasteiger partial charge in [0.2, 0.25) is 0 Å². The van der Waals surface area contributed by atoms with Gasteiger partial charge in [-0.2, -0.15) is 0 Å². The molecule has 0 bridgehead atoms. The van der Waals surface area contributed by atoms with Gasteiger partial charge in [-0.05, 0) is 50.9 Å². The lowest BCUT2D eigenvalue weighted by molar-refractivity contribution is 0.474. The Morgan fingerprint density at radius 2 is 1.69 bits per heavy atom. The zero-order valence-electron chi connectivity index (χ0n) is 6.85. The van der Waals surface area contributed by atoms with Gasteiger partial charge in [0, 0.05) is 4.47 Å². The second kappa shape index (κ2) is 5.17. The van der Waals surface area contributed by atoms with Gasteiger partial charge < -0.3 is 4.74 Å². The Kier molecular flexibility index (Phi) is 4.49. The predicted molar refractivity (Wildman–Crippen MR) is 65.0 cm³/mol. The minimum absolute atomic E-state index is 0.779. The lowest BCUT2D eigenvalue weighted by Gasteiger charge is -2.06. The summed E-state index contributed by atoms with van der Waals surface area (Å²) in [5, 5.41) is 0. The smallest absolute Gasteiger partial charge is 0.154 e. The van der Waals surface area contributed by atoms with Gasteiger partial charge in [0.25, 0.3) is 0 Å². The van der Waals surface area contributed by atoms with Gasteiger partial charge in [0.1, 0.15) is 0 Å². The van der Waals surface area contributed by atoms with E-state index in [1.54, 1.807) is 6.26 Å². The molecule has 0 fully saturated rings. The van der Waals surface area contributed by atoms with Crippen molar-refractivity contribution in [2.75, 3.05) is 0 Å². The molecular weight excluding hydrogens is 364 g/mol. The van der Waals surface area contributed by atoms with Gasteiger partial charge in [-0.25, -0.2) is 0 Å². The first-order valence-corrected chi connectivity index (χ1v) is 5.95. The summed E-state index contributed by atoms with van der Waals surface area (Å²) in [6, 6.07) is 3.87. The van der Waals surface area contributed by atoms with Gasteiger partial charge in [-0.3, -0.25) is 0 Å². The van der Waals surface area contributed by atoms with E-state index in [9.17, 15) is 0 Å². The zero-order valence-corrected chi connectivity index (χ0v) is 11.6. The van der Waals surface area contributed by atoms with Crippen LogP contribution in [0.5, 0.6) is 5.75 Å². The average molecular weight is 371 g/mol. The molecule has 0 aliphatic carbocycles. The molecule has 0 aliphatic rings. The molecule has 0 saturated carbocycles. The SMILES string of the molecule is CC=COc1c(Br)cc(Br)cc1Br. The Bertz CT molecular complexity index is 311. The molecule has 1 nitrogen and oxygen atoms in total. The van der Waals surface area contributed by atoms with Crippen molar-refractivity contribution < 1.29 is 4.74 Å². The Hall–Kier alpha value is 0.200. The summed E-state index contributed by atoms with van der Waals surface area (Å²) < 4.78 is 8.19. The van der Waals surface area contributed by atoms with E-state index in [4.69, 9.17) is 4.74 Å². The van der Waals surface area contributed by atoms with Gasteiger partial charge in [0.05, 0.1) is 15.2 Å². The van der Waals surface area contributed by atoms with E-state index < -0.39 is 0 Å². The quantitative estimate of drug-likeness (QED) is 0.674. The molecule has 0 aliphatic heterocycles. The Morgan fingerprint density at radius 1 is 1.15 bits per heavy atom. The average Bonchev–Trinajstić information content (AvgIpc) is 2.02. The lowest BCUT2D eigenvalue weighted by Crippen LogP contribution is -1.85. The first-order chi connectivity index (χ1) is 6.15. The summed E-state index contributed by atoms with van der Waals surface area (Å²) in [5.41, 5.74) is 0. The zero-order chi connectivity index (χ0) is 9.84. The number of halogens is 3. The monoisotopic (exact) mass is 368 g/mol. The van der Waals surface area contributed by atoms with E-state index >= 15 is 0 Å². The fraction of sp³-hybridized carbons (Fsp3) is 0.111. The highest BCUT2D eigenvalue weighted by molar-refractivity contribution is 9.11. The van der Waals surface area contributed by atoms with Crippen molar-refractivity contribution in [3.63, 3.8) is 0 Å². The summed E-state index contributed by atoms with van der Waals surface area (Å²) in [7, 11) is 0. The molecule has 0 amide bonds. The molecule has 0 unspecified atom stereocenters. The fourth-order valence-corrected chi connectivity index (χ4v) is 3.22. The number of benzene rings is 1. The highest BCUT2D eigenvalue weighted by atomic mass is 79.9. The summed E-state index contributed by atoms with van der Waals surface area (Å²) >= 11 is 10.2. The Morgan fingerprint density at radius 3 is 2.15 bits per heavy atom. The first kappa shape index (κ1) is 11.3. The third-order valence-electron chi connectivity index (χ3n) is 1.29. The topological polar surface area (TPSA) is 9.23 Å². The van der Waals surface area contributed by atoms with E-state index in [-0.39, 0.29) is 0 Å². The molecule has 0 radical (unpaired) electrons. The summed E-state index contributed by atoms with van der Waals surface area (Å²) in [6.45, 7) is 1.90. The molecule has 13 heavy (non-hydrogen) atoms. The maximum atomic E-state index is 5.38. The molecule has 0 heterocycles. The normalized spacial score (nSPS) is 10.8. The molecule has 70 valence electrons. The van der Waals surface area contributed by atoms with E-state index in [0.29, 0.717) is 0 Å². The van der Waals surface area contributed by atoms with Crippen LogP contribution in [0.2, 0.25) is 0 Å². The van der Waals surface area contributed by atoms with Crippen LogP contribution < -0.4 is 4.74 Å². The standard InChI is InChI=1S/C9H7Br3O/c1-2-3-13-9-7(11)4-6(10)5-8(9)12/h2-5H,1H3. The van der Waals surface area contributed by atoms with Crippen LogP contribution in [0.4, 0.5) is 0 Å².